The number of benzene rings is 1. The average Bonchev–Trinajstić information content (AvgIpc) is 2.82. The van der Waals surface area contributed by atoms with Gasteiger partial charge in [-0.1, -0.05) is 0 Å². The van der Waals surface area contributed by atoms with Crippen molar-refractivity contribution in [3.05, 3.63) is 23.3 Å². The van der Waals surface area contributed by atoms with Crippen LogP contribution in [0.5, 0.6) is 11.5 Å². The Morgan fingerprint density at radius 2 is 1.95 bits per heavy atom. The zero-order chi connectivity index (χ0) is 14.0. The van der Waals surface area contributed by atoms with E-state index in [1.807, 2.05) is 32.9 Å². The third kappa shape index (κ3) is 2.81. The van der Waals surface area contributed by atoms with Crippen molar-refractivity contribution >= 4 is 5.91 Å². The van der Waals surface area contributed by atoms with Crippen LogP contribution in [0.3, 0.4) is 0 Å². The molecule has 0 fully saturated rings. The first-order valence-electron chi connectivity index (χ1n) is 6.30. The minimum atomic E-state index is -0.579. The van der Waals surface area contributed by atoms with Gasteiger partial charge in [0.15, 0.2) is 11.5 Å². The second-order valence-electron chi connectivity index (χ2n) is 5.19. The van der Waals surface area contributed by atoms with Crippen LogP contribution in [0.1, 0.15) is 25.0 Å². The highest BCUT2D eigenvalue weighted by Gasteiger charge is 2.25. The van der Waals surface area contributed by atoms with Crippen LogP contribution in [-0.4, -0.2) is 25.3 Å². The molecule has 0 saturated carbocycles. The van der Waals surface area contributed by atoms with Crippen LogP contribution in [0.25, 0.3) is 0 Å². The van der Waals surface area contributed by atoms with Crippen molar-refractivity contribution in [1.82, 2.24) is 10.6 Å². The number of likely N-dealkylation sites (N-methyl/N-ethyl adjacent to an activating group) is 1. The summed E-state index contributed by atoms with van der Waals surface area (Å²) in [7, 11) is 1.77. The van der Waals surface area contributed by atoms with E-state index in [1.54, 1.807) is 7.05 Å². The molecule has 0 bridgehead atoms. The lowest BCUT2D eigenvalue weighted by atomic mass is 10.0. The summed E-state index contributed by atoms with van der Waals surface area (Å²) in [6, 6.07) is 3.86. The molecule has 0 radical (unpaired) electrons. The quantitative estimate of drug-likeness (QED) is 0.861. The molecule has 0 aliphatic carbocycles. The minimum Gasteiger partial charge on any atom is -0.454 e. The summed E-state index contributed by atoms with van der Waals surface area (Å²) in [5, 5.41) is 5.90. The van der Waals surface area contributed by atoms with Crippen LogP contribution < -0.4 is 20.1 Å². The fourth-order valence-electron chi connectivity index (χ4n) is 1.79. The van der Waals surface area contributed by atoms with Crippen molar-refractivity contribution in [3.63, 3.8) is 0 Å². The average molecular weight is 264 g/mol. The molecular weight excluding hydrogens is 244 g/mol. The van der Waals surface area contributed by atoms with E-state index in [1.165, 1.54) is 0 Å². The van der Waals surface area contributed by atoms with Crippen molar-refractivity contribution < 1.29 is 14.3 Å². The van der Waals surface area contributed by atoms with Crippen molar-refractivity contribution in [2.24, 2.45) is 0 Å². The maximum absolute atomic E-state index is 12.0. The fraction of sp³-hybridized carbons (Fsp3) is 0.500. The molecule has 2 rings (SSSR count). The topological polar surface area (TPSA) is 59.6 Å². The summed E-state index contributed by atoms with van der Waals surface area (Å²) in [5.74, 6) is 1.47. The molecule has 1 heterocycles. The Hall–Kier alpha value is -1.75. The smallest absolute Gasteiger partial charge is 0.239 e. The number of carbonyl (C=O) groups is 1. The molecule has 1 aliphatic heterocycles. The van der Waals surface area contributed by atoms with Crippen molar-refractivity contribution in [2.45, 2.75) is 32.9 Å². The first-order valence-corrected chi connectivity index (χ1v) is 6.30. The maximum atomic E-state index is 12.0. The molecule has 2 N–H and O–H groups in total. The summed E-state index contributed by atoms with van der Waals surface area (Å²) >= 11 is 0. The van der Waals surface area contributed by atoms with Crippen molar-refractivity contribution in [1.29, 1.82) is 0 Å². The Morgan fingerprint density at radius 3 is 2.58 bits per heavy atom. The normalized spacial score (nSPS) is 13.5. The predicted molar refractivity (Wildman–Crippen MR) is 72.3 cm³/mol. The molecule has 19 heavy (non-hydrogen) atoms. The van der Waals surface area contributed by atoms with E-state index in [4.69, 9.17) is 9.47 Å². The van der Waals surface area contributed by atoms with Gasteiger partial charge in [-0.2, -0.15) is 0 Å². The summed E-state index contributed by atoms with van der Waals surface area (Å²) < 4.78 is 10.7. The van der Waals surface area contributed by atoms with Crippen LogP contribution in [0.4, 0.5) is 0 Å². The minimum absolute atomic E-state index is 0.0351. The molecule has 0 unspecified atom stereocenters. The van der Waals surface area contributed by atoms with Gasteiger partial charge in [0.1, 0.15) is 0 Å². The Morgan fingerprint density at radius 1 is 1.32 bits per heavy atom. The number of fused-ring (bicyclic) bond motifs is 1. The second-order valence-corrected chi connectivity index (χ2v) is 5.19. The molecule has 0 aromatic heterocycles. The highest BCUT2D eigenvalue weighted by atomic mass is 16.7. The van der Waals surface area contributed by atoms with E-state index in [0.29, 0.717) is 6.54 Å². The first kappa shape index (κ1) is 13.7. The van der Waals surface area contributed by atoms with E-state index < -0.39 is 5.54 Å². The number of ether oxygens (including phenoxy) is 2. The molecule has 104 valence electrons. The number of hydrogen-bond donors (Lipinski definition) is 2. The number of hydrogen-bond acceptors (Lipinski definition) is 4. The van der Waals surface area contributed by atoms with Crippen LogP contribution in [0.15, 0.2) is 12.1 Å². The van der Waals surface area contributed by atoms with Gasteiger partial charge in [0, 0.05) is 6.54 Å². The summed E-state index contributed by atoms with van der Waals surface area (Å²) in [5.41, 5.74) is 1.53. The van der Waals surface area contributed by atoms with Crippen LogP contribution >= 0.6 is 0 Å². The predicted octanol–water partition coefficient (Wildman–Crippen LogP) is 1.34. The summed E-state index contributed by atoms with van der Waals surface area (Å²) in [6.07, 6.45) is 0. The van der Waals surface area contributed by atoms with Gasteiger partial charge >= 0.3 is 0 Å². The molecule has 1 aromatic carbocycles. The highest BCUT2D eigenvalue weighted by molar-refractivity contribution is 5.85. The van der Waals surface area contributed by atoms with Gasteiger partial charge in [0.05, 0.1) is 5.54 Å². The monoisotopic (exact) mass is 264 g/mol. The molecule has 1 aromatic rings. The summed E-state index contributed by atoms with van der Waals surface area (Å²) in [6.45, 7) is 6.42. The van der Waals surface area contributed by atoms with E-state index >= 15 is 0 Å². The second kappa shape index (κ2) is 5.09. The lowest BCUT2D eigenvalue weighted by Crippen LogP contribution is -2.50. The van der Waals surface area contributed by atoms with Gasteiger partial charge in [-0.15, -0.1) is 0 Å². The Labute approximate surface area is 113 Å². The molecule has 1 aliphatic rings. The third-order valence-electron chi connectivity index (χ3n) is 3.46. The Bertz CT molecular complexity index is 498. The van der Waals surface area contributed by atoms with Crippen LogP contribution in [-0.2, 0) is 11.3 Å². The number of amides is 1. The molecule has 1 amide bonds. The molecule has 0 atom stereocenters. The molecule has 0 saturated heterocycles. The van der Waals surface area contributed by atoms with Crippen molar-refractivity contribution in [2.75, 3.05) is 13.8 Å². The molecular formula is C14H20N2O3. The summed E-state index contributed by atoms with van der Waals surface area (Å²) in [4.78, 5) is 12.0. The van der Waals surface area contributed by atoms with Gasteiger partial charge in [0.2, 0.25) is 12.7 Å². The highest BCUT2D eigenvalue weighted by Crippen LogP contribution is 2.34. The van der Waals surface area contributed by atoms with E-state index in [-0.39, 0.29) is 12.7 Å². The van der Waals surface area contributed by atoms with E-state index in [9.17, 15) is 4.79 Å². The molecule has 5 heteroatoms. The van der Waals surface area contributed by atoms with Gasteiger partial charge in [-0.3, -0.25) is 4.79 Å². The van der Waals surface area contributed by atoms with E-state index in [0.717, 1.165) is 22.6 Å². The van der Waals surface area contributed by atoms with Gasteiger partial charge in [0.25, 0.3) is 0 Å². The fourth-order valence-corrected chi connectivity index (χ4v) is 1.79. The lowest BCUT2D eigenvalue weighted by Gasteiger charge is -2.23. The maximum Gasteiger partial charge on any atom is 0.239 e. The number of carbonyl (C=O) groups excluding carboxylic acids is 1. The largest absolute Gasteiger partial charge is 0.454 e. The Kier molecular flexibility index (Phi) is 3.66. The first-order chi connectivity index (χ1) is 8.94. The molecule has 0 spiro atoms. The van der Waals surface area contributed by atoms with Crippen molar-refractivity contribution in [3.8, 4) is 11.5 Å². The zero-order valence-corrected chi connectivity index (χ0v) is 11.8. The van der Waals surface area contributed by atoms with Crippen LogP contribution in [0, 0.1) is 6.92 Å². The third-order valence-corrected chi connectivity index (χ3v) is 3.46. The van der Waals surface area contributed by atoms with E-state index in [2.05, 4.69) is 10.6 Å². The van der Waals surface area contributed by atoms with Crippen LogP contribution in [0.2, 0.25) is 0 Å². The van der Waals surface area contributed by atoms with Gasteiger partial charge in [-0.05, 0) is 51.1 Å². The van der Waals surface area contributed by atoms with Gasteiger partial charge < -0.3 is 20.1 Å². The standard InChI is InChI=1S/C14H20N2O3/c1-9-5-11-12(19-8-18-11)6-10(9)7-16-13(17)14(2,3)15-4/h5-6,15H,7-8H2,1-4H3,(H,16,17). The SMILES string of the molecule is CNC(C)(C)C(=O)NCc1cc2c(cc1C)OCO2. The van der Waals surface area contributed by atoms with Gasteiger partial charge in [-0.25, -0.2) is 0 Å². The lowest BCUT2D eigenvalue weighted by molar-refractivity contribution is -0.126. The zero-order valence-electron chi connectivity index (χ0n) is 11.8. The Balaban J connectivity index is 2.06. The number of aryl methyl sites for hydroxylation is 1. The number of rotatable bonds is 4. The number of nitrogens with one attached hydrogen (secondary N) is 2. The molecule has 5 nitrogen and oxygen atoms in total.